The fourth-order valence-corrected chi connectivity index (χ4v) is 5.40. The van der Waals surface area contributed by atoms with E-state index < -0.39 is 10.0 Å². The van der Waals surface area contributed by atoms with Crippen molar-refractivity contribution in [3.8, 4) is 0 Å². The fraction of sp³-hybridized carbons (Fsp3) is 0.333. The van der Waals surface area contributed by atoms with Crippen molar-refractivity contribution in [1.82, 2.24) is 4.31 Å². The number of benzene rings is 2. The lowest BCUT2D eigenvalue weighted by Gasteiger charge is -2.08. The first-order valence-electron chi connectivity index (χ1n) is 7.91. The van der Waals surface area contributed by atoms with E-state index in [-0.39, 0.29) is 12.1 Å². The van der Waals surface area contributed by atoms with Gasteiger partial charge >= 0.3 is 0 Å². The van der Waals surface area contributed by atoms with Crippen LogP contribution in [-0.2, 0) is 10.0 Å². The van der Waals surface area contributed by atoms with Gasteiger partial charge in [-0.25, -0.2) is 8.42 Å². The molecule has 1 fully saturated rings. The molecule has 2 aromatic carbocycles. The summed E-state index contributed by atoms with van der Waals surface area (Å²) in [6, 6.07) is 11.9. The number of hydrogen-bond donors (Lipinski definition) is 0. The summed E-state index contributed by atoms with van der Waals surface area (Å²) < 4.78 is 27.6. The highest BCUT2D eigenvalue weighted by Gasteiger charge is 2.56. The molecular weight excluding hydrogens is 365 g/mol. The van der Waals surface area contributed by atoms with Crippen molar-refractivity contribution >= 4 is 33.2 Å². The highest BCUT2D eigenvalue weighted by atomic mass is 35.5. The molecule has 1 saturated heterocycles. The maximum Gasteiger partial charge on any atom is 0.244 e. The van der Waals surface area contributed by atoms with E-state index in [4.69, 9.17) is 23.2 Å². The maximum atomic E-state index is 13.0. The van der Waals surface area contributed by atoms with Crippen LogP contribution in [0.1, 0.15) is 36.9 Å². The highest BCUT2D eigenvalue weighted by Crippen LogP contribution is 2.51. The van der Waals surface area contributed by atoms with Crippen LogP contribution >= 0.6 is 23.2 Å². The molecule has 1 heterocycles. The summed E-state index contributed by atoms with van der Waals surface area (Å²) in [6.07, 6.45) is 1.71. The van der Waals surface area contributed by atoms with Crippen LogP contribution in [0.5, 0.6) is 0 Å². The summed E-state index contributed by atoms with van der Waals surface area (Å²) in [7, 11) is -3.54. The van der Waals surface area contributed by atoms with Crippen molar-refractivity contribution in [3.05, 3.63) is 63.6 Å². The first-order valence-corrected chi connectivity index (χ1v) is 10.1. The zero-order chi connectivity index (χ0) is 17.5. The molecule has 0 spiro atoms. The van der Waals surface area contributed by atoms with Crippen LogP contribution in [0.2, 0.25) is 10.0 Å². The summed E-state index contributed by atoms with van der Waals surface area (Å²) >= 11 is 12.3. The number of nitrogens with zero attached hydrogens (tertiary/aromatic N) is 1. The van der Waals surface area contributed by atoms with Crippen LogP contribution in [0.25, 0.3) is 0 Å². The van der Waals surface area contributed by atoms with Gasteiger partial charge in [0.2, 0.25) is 10.0 Å². The number of rotatable bonds is 5. The Morgan fingerprint density at radius 3 is 2.33 bits per heavy atom. The first-order chi connectivity index (χ1) is 11.4. The van der Waals surface area contributed by atoms with E-state index in [1.165, 1.54) is 0 Å². The normalized spacial score (nSPS) is 23.2. The summed E-state index contributed by atoms with van der Waals surface area (Å²) in [6.45, 7) is 3.99. The minimum Gasteiger partial charge on any atom is -0.207 e. The second-order valence-electron chi connectivity index (χ2n) is 6.11. The fourth-order valence-electron chi connectivity index (χ4n) is 3.08. The van der Waals surface area contributed by atoms with E-state index >= 15 is 0 Å². The molecule has 1 aliphatic rings. The average molecular weight is 384 g/mol. The van der Waals surface area contributed by atoms with E-state index in [0.717, 1.165) is 24.0 Å². The molecule has 6 heteroatoms. The Hall–Kier alpha value is -1.07. The van der Waals surface area contributed by atoms with Gasteiger partial charge in [0.25, 0.3) is 0 Å². The van der Waals surface area contributed by atoms with Crippen LogP contribution in [-0.4, -0.2) is 18.8 Å². The molecule has 0 radical (unpaired) electrons. The third-order valence-corrected chi connectivity index (χ3v) is 6.82. The van der Waals surface area contributed by atoms with E-state index in [9.17, 15) is 8.42 Å². The molecule has 3 rings (SSSR count). The highest BCUT2D eigenvalue weighted by molar-refractivity contribution is 7.89. The molecule has 3 unspecified atom stereocenters. The third kappa shape index (κ3) is 3.21. The summed E-state index contributed by atoms with van der Waals surface area (Å²) in [5, 5.41) is 1.06. The van der Waals surface area contributed by atoms with Gasteiger partial charge in [-0.15, -0.1) is 0 Å². The molecule has 0 aromatic heterocycles. The Bertz CT molecular complexity index is 850. The van der Waals surface area contributed by atoms with Gasteiger partial charge in [-0.3, -0.25) is 0 Å². The number of aryl methyl sites for hydroxylation is 1. The van der Waals surface area contributed by atoms with Crippen LogP contribution in [0, 0.1) is 6.92 Å². The van der Waals surface area contributed by atoms with Crippen LogP contribution in [0.3, 0.4) is 0 Å². The molecule has 3 atom stereocenters. The smallest absolute Gasteiger partial charge is 0.207 e. The van der Waals surface area contributed by atoms with E-state index in [1.807, 2.05) is 25.1 Å². The van der Waals surface area contributed by atoms with Crippen molar-refractivity contribution in [2.45, 2.75) is 43.7 Å². The Morgan fingerprint density at radius 1 is 1.08 bits per heavy atom. The van der Waals surface area contributed by atoms with E-state index in [1.54, 1.807) is 28.6 Å². The third-order valence-electron chi connectivity index (χ3n) is 4.34. The van der Waals surface area contributed by atoms with Gasteiger partial charge < -0.3 is 0 Å². The monoisotopic (exact) mass is 383 g/mol. The van der Waals surface area contributed by atoms with Gasteiger partial charge in [-0.1, -0.05) is 60.3 Å². The lowest BCUT2D eigenvalue weighted by molar-refractivity contribution is 0.541. The van der Waals surface area contributed by atoms with E-state index in [0.29, 0.717) is 14.9 Å². The molecule has 24 heavy (non-hydrogen) atoms. The molecule has 0 bridgehead atoms. The van der Waals surface area contributed by atoms with Gasteiger partial charge in [0.05, 0.1) is 10.9 Å². The molecule has 3 nitrogen and oxygen atoms in total. The predicted molar refractivity (Wildman–Crippen MR) is 98.1 cm³/mol. The van der Waals surface area contributed by atoms with Crippen LogP contribution < -0.4 is 0 Å². The minimum absolute atomic E-state index is 0.0556. The van der Waals surface area contributed by atoms with E-state index in [2.05, 4.69) is 6.92 Å². The molecule has 1 aliphatic heterocycles. The van der Waals surface area contributed by atoms with Crippen molar-refractivity contribution in [2.24, 2.45) is 0 Å². The largest absolute Gasteiger partial charge is 0.244 e. The van der Waals surface area contributed by atoms with Crippen molar-refractivity contribution in [3.63, 3.8) is 0 Å². The molecule has 2 aromatic rings. The summed E-state index contributed by atoms with van der Waals surface area (Å²) in [5.74, 6) is 0. The molecule has 128 valence electrons. The van der Waals surface area contributed by atoms with Crippen molar-refractivity contribution in [1.29, 1.82) is 0 Å². The standard InChI is InChI=1S/C18H19Cl2NO2S/c1-3-4-17-18(15-10-7-13(19)11-16(15)20)21(17)24(22,23)14-8-5-12(2)6-9-14/h5-11,17-18H,3-4H2,1-2H3. The molecule has 0 N–H and O–H groups in total. The average Bonchev–Trinajstić information content (AvgIpc) is 3.22. The second kappa shape index (κ2) is 6.68. The van der Waals surface area contributed by atoms with Crippen LogP contribution in [0.4, 0.5) is 0 Å². The predicted octanol–water partition coefficient (Wildman–Crippen LogP) is 5.22. The van der Waals surface area contributed by atoms with Gasteiger partial charge in [0.1, 0.15) is 0 Å². The molecule has 0 amide bonds. The Kier molecular flexibility index (Phi) is 4.94. The lowest BCUT2D eigenvalue weighted by Crippen LogP contribution is -2.15. The van der Waals surface area contributed by atoms with Gasteiger partial charge in [0, 0.05) is 16.1 Å². The van der Waals surface area contributed by atoms with Crippen molar-refractivity contribution in [2.75, 3.05) is 0 Å². The lowest BCUT2D eigenvalue weighted by atomic mass is 10.1. The zero-order valence-corrected chi connectivity index (χ0v) is 15.9. The topological polar surface area (TPSA) is 37.1 Å². The maximum absolute atomic E-state index is 13.0. The molecule has 0 saturated carbocycles. The Balaban J connectivity index is 1.98. The quantitative estimate of drug-likeness (QED) is 0.663. The summed E-state index contributed by atoms with van der Waals surface area (Å²) in [4.78, 5) is 0.321. The molecule has 0 aliphatic carbocycles. The number of sulfonamides is 1. The van der Waals surface area contributed by atoms with Crippen molar-refractivity contribution < 1.29 is 8.42 Å². The van der Waals surface area contributed by atoms with Crippen LogP contribution in [0.15, 0.2) is 47.4 Å². The van der Waals surface area contributed by atoms with Gasteiger partial charge in [-0.2, -0.15) is 4.31 Å². The second-order valence-corrected chi connectivity index (χ2v) is 8.80. The summed E-state index contributed by atoms with van der Waals surface area (Å²) in [5.41, 5.74) is 1.84. The van der Waals surface area contributed by atoms with Gasteiger partial charge in [-0.05, 0) is 43.2 Å². The van der Waals surface area contributed by atoms with Gasteiger partial charge in [0.15, 0.2) is 0 Å². The Morgan fingerprint density at radius 2 is 1.75 bits per heavy atom. The number of hydrogen-bond acceptors (Lipinski definition) is 2. The SMILES string of the molecule is CCCC1C(c2ccc(Cl)cc2Cl)N1S(=O)(=O)c1ccc(C)cc1. The Labute approximate surface area is 153 Å². The molecular formula is C18H19Cl2NO2S. The first kappa shape index (κ1) is 17.7. The number of halogens is 2. The minimum atomic E-state index is -3.54. The zero-order valence-electron chi connectivity index (χ0n) is 13.5.